The number of hydrogen-bond acceptors (Lipinski definition) is 3. The van der Waals surface area contributed by atoms with E-state index in [1.54, 1.807) is 30.3 Å². The molecule has 1 N–H and O–H groups in total. The average Bonchev–Trinajstić information content (AvgIpc) is 2.98. The molecule has 1 fully saturated rings. The van der Waals surface area contributed by atoms with E-state index in [0.29, 0.717) is 18.7 Å². The minimum Gasteiger partial charge on any atom is -0.312 e. The highest BCUT2D eigenvalue weighted by molar-refractivity contribution is 7.92. The summed E-state index contributed by atoms with van der Waals surface area (Å²) in [6.45, 7) is 2.59. The SMILES string of the molecule is Cc1ccc(NS(=O)(=O)c2ccc3c(c2)CCN3C(=O)C2CCC2)cc1. The predicted octanol–water partition coefficient (Wildman–Crippen LogP) is 3.49. The summed E-state index contributed by atoms with van der Waals surface area (Å²) < 4.78 is 28.0. The normalized spacial score (nSPS) is 16.9. The molecule has 1 aliphatic heterocycles. The molecule has 1 amide bonds. The number of fused-ring (bicyclic) bond motifs is 1. The van der Waals surface area contributed by atoms with E-state index in [-0.39, 0.29) is 16.7 Å². The Morgan fingerprint density at radius 3 is 2.50 bits per heavy atom. The molecule has 0 aromatic heterocycles. The molecule has 136 valence electrons. The molecule has 6 heteroatoms. The van der Waals surface area contributed by atoms with Crippen molar-refractivity contribution in [2.45, 2.75) is 37.5 Å². The molecule has 0 saturated heterocycles. The van der Waals surface area contributed by atoms with E-state index in [1.165, 1.54) is 0 Å². The van der Waals surface area contributed by atoms with Gasteiger partial charge in [0.1, 0.15) is 0 Å². The Morgan fingerprint density at radius 1 is 1.12 bits per heavy atom. The number of nitrogens with zero attached hydrogens (tertiary/aromatic N) is 1. The van der Waals surface area contributed by atoms with Gasteiger partial charge in [-0.1, -0.05) is 24.1 Å². The van der Waals surface area contributed by atoms with Crippen LogP contribution in [0.3, 0.4) is 0 Å². The lowest BCUT2D eigenvalue weighted by Crippen LogP contribution is -2.37. The zero-order chi connectivity index (χ0) is 18.3. The van der Waals surface area contributed by atoms with E-state index in [1.807, 2.05) is 24.0 Å². The highest BCUT2D eigenvalue weighted by Gasteiger charge is 2.33. The van der Waals surface area contributed by atoms with Crippen molar-refractivity contribution in [2.24, 2.45) is 5.92 Å². The molecule has 26 heavy (non-hydrogen) atoms. The molecular weight excluding hydrogens is 348 g/mol. The number of hydrogen-bond donors (Lipinski definition) is 1. The van der Waals surface area contributed by atoms with E-state index >= 15 is 0 Å². The molecule has 0 unspecified atom stereocenters. The second kappa shape index (κ2) is 6.43. The fourth-order valence-corrected chi connectivity index (χ4v) is 4.59. The minimum absolute atomic E-state index is 0.146. The first kappa shape index (κ1) is 17.1. The first-order chi connectivity index (χ1) is 12.4. The summed E-state index contributed by atoms with van der Waals surface area (Å²) in [7, 11) is -3.65. The number of amides is 1. The predicted molar refractivity (Wildman–Crippen MR) is 102 cm³/mol. The lowest BCUT2D eigenvalue weighted by atomic mass is 9.84. The first-order valence-corrected chi connectivity index (χ1v) is 10.5. The van der Waals surface area contributed by atoms with Gasteiger partial charge >= 0.3 is 0 Å². The largest absolute Gasteiger partial charge is 0.312 e. The van der Waals surface area contributed by atoms with Gasteiger partial charge in [-0.15, -0.1) is 0 Å². The molecule has 2 aromatic rings. The summed E-state index contributed by atoms with van der Waals surface area (Å²) in [5, 5.41) is 0. The Kier molecular flexibility index (Phi) is 4.23. The third-order valence-corrected chi connectivity index (χ3v) is 6.66. The Bertz CT molecular complexity index is 948. The van der Waals surface area contributed by atoms with Crippen molar-refractivity contribution >= 4 is 27.3 Å². The minimum atomic E-state index is -3.65. The first-order valence-electron chi connectivity index (χ1n) is 8.98. The zero-order valence-corrected chi connectivity index (χ0v) is 15.6. The smallest absolute Gasteiger partial charge is 0.261 e. The Labute approximate surface area is 154 Å². The van der Waals surface area contributed by atoms with Crippen LogP contribution in [-0.2, 0) is 21.2 Å². The molecule has 1 heterocycles. The number of sulfonamides is 1. The van der Waals surface area contributed by atoms with E-state index in [0.717, 1.165) is 36.1 Å². The highest BCUT2D eigenvalue weighted by atomic mass is 32.2. The van der Waals surface area contributed by atoms with Crippen LogP contribution in [0.2, 0.25) is 0 Å². The molecule has 0 atom stereocenters. The van der Waals surface area contributed by atoms with Crippen molar-refractivity contribution in [1.82, 2.24) is 0 Å². The molecule has 0 bridgehead atoms. The second-order valence-corrected chi connectivity index (χ2v) is 8.81. The van der Waals surface area contributed by atoms with Gasteiger partial charge in [0.05, 0.1) is 4.90 Å². The van der Waals surface area contributed by atoms with Crippen LogP contribution >= 0.6 is 0 Å². The fourth-order valence-electron chi connectivity index (χ4n) is 3.49. The quantitative estimate of drug-likeness (QED) is 0.896. The number of anilines is 2. The number of aryl methyl sites for hydroxylation is 1. The van der Waals surface area contributed by atoms with Crippen LogP contribution in [0, 0.1) is 12.8 Å². The third kappa shape index (κ3) is 3.09. The zero-order valence-electron chi connectivity index (χ0n) is 14.7. The molecule has 0 spiro atoms. The van der Waals surface area contributed by atoms with Crippen LogP contribution in [-0.4, -0.2) is 20.9 Å². The lowest BCUT2D eigenvalue weighted by molar-refractivity contribution is -0.124. The summed E-state index contributed by atoms with van der Waals surface area (Å²) in [5.41, 5.74) is 3.39. The van der Waals surface area contributed by atoms with Gasteiger partial charge in [-0.2, -0.15) is 0 Å². The van der Waals surface area contributed by atoms with Crippen molar-refractivity contribution in [2.75, 3.05) is 16.2 Å². The van der Waals surface area contributed by atoms with Crippen LogP contribution in [0.5, 0.6) is 0 Å². The van der Waals surface area contributed by atoms with Crippen molar-refractivity contribution in [1.29, 1.82) is 0 Å². The maximum Gasteiger partial charge on any atom is 0.261 e. The Hall–Kier alpha value is -2.34. The molecular formula is C20H22N2O3S. The van der Waals surface area contributed by atoms with Crippen LogP contribution < -0.4 is 9.62 Å². The number of carbonyl (C=O) groups excluding carboxylic acids is 1. The maximum absolute atomic E-state index is 12.7. The van der Waals surface area contributed by atoms with Crippen molar-refractivity contribution in [3.05, 3.63) is 53.6 Å². The topological polar surface area (TPSA) is 66.5 Å². The van der Waals surface area contributed by atoms with E-state index in [2.05, 4.69) is 4.72 Å². The van der Waals surface area contributed by atoms with Gasteiger partial charge in [-0.3, -0.25) is 9.52 Å². The van der Waals surface area contributed by atoms with Crippen LogP contribution in [0.1, 0.15) is 30.4 Å². The highest BCUT2D eigenvalue weighted by Crippen LogP contribution is 2.35. The van der Waals surface area contributed by atoms with Crippen LogP contribution in [0.4, 0.5) is 11.4 Å². The van der Waals surface area contributed by atoms with E-state index in [9.17, 15) is 13.2 Å². The van der Waals surface area contributed by atoms with E-state index in [4.69, 9.17) is 0 Å². The van der Waals surface area contributed by atoms with Crippen molar-refractivity contribution < 1.29 is 13.2 Å². The summed E-state index contributed by atoms with van der Waals surface area (Å²) in [4.78, 5) is 14.6. The molecule has 4 rings (SSSR count). The van der Waals surface area contributed by atoms with Gasteiger partial charge in [0, 0.05) is 23.8 Å². The summed E-state index contributed by atoms with van der Waals surface area (Å²) >= 11 is 0. The van der Waals surface area contributed by atoms with E-state index < -0.39 is 10.0 Å². The Balaban J connectivity index is 1.57. The maximum atomic E-state index is 12.7. The van der Waals surface area contributed by atoms with Gasteiger partial charge in [0.15, 0.2) is 0 Å². The standard InChI is InChI=1S/C20H22N2O3S/c1-14-5-7-17(8-6-14)21-26(24,25)18-9-10-19-16(13-18)11-12-22(19)20(23)15-3-2-4-15/h5-10,13,15,21H,2-4,11-12H2,1H3. The van der Waals surface area contributed by atoms with Crippen molar-refractivity contribution in [3.63, 3.8) is 0 Å². The third-order valence-electron chi connectivity index (χ3n) is 5.28. The van der Waals surface area contributed by atoms with Gasteiger partial charge in [0.25, 0.3) is 10.0 Å². The number of rotatable bonds is 4. The number of benzene rings is 2. The van der Waals surface area contributed by atoms with Gasteiger partial charge in [-0.25, -0.2) is 8.42 Å². The fraction of sp³-hybridized carbons (Fsp3) is 0.350. The number of carbonyl (C=O) groups is 1. The average molecular weight is 370 g/mol. The van der Waals surface area contributed by atoms with Gasteiger partial charge in [0.2, 0.25) is 5.91 Å². The molecule has 2 aromatic carbocycles. The molecule has 2 aliphatic rings. The molecule has 1 saturated carbocycles. The molecule has 5 nitrogen and oxygen atoms in total. The van der Waals surface area contributed by atoms with Gasteiger partial charge < -0.3 is 4.90 Å². The van der Waals surface area contributed by atoms with Crippen LogP contribution in [0.25, 0.3) is 0 Å². The lowest BCUT2D eigenvalue weighted by Gasteiger charge is -2.29. The summed E-state index contributed by atoms with van der Waals surface area (Å²) in [5.74, 6) is 0.330. The van der Waals surface area contributed by atoms with Crippen LogP contribution in [0.15, 0.2) is 47.4 Å². The molecule has 0 radical (unpaired) electrons. The van der Waals surface area contributed by atoms with Crippen molar-refractivity contribution in [3.8, 4) is 0 Å². The summed E-state index contributed by atoms with van der Waals surface area (Å²) in [6, 6.07) is 12.3. The summed E-state index contributed by atoms with van der Waals surface area (Å²) in [6.07, 6.45) is 3.76. The monoisotopic (exact) mass is 370 g/mol. The van der Waals surface area contributed by atoms with Gasteiger partial charge in [-0.05, 0) is 62.1 Å². The Morgan fingerprint density at radius 2 is 1.85 bits per heavy atom. The number of nitrogens with one attached hydrogen (secondary N) is 1. The molecule has 1 aliphatic carbocycles. The second-order valence-electron chi connectivity index (χ2n) is 7.13.